The average molecular weight is 255 g/mol. The Morgan fingerprint density at radius 3 is 3.00 bits per heavy atom. The Hall–Kier alpha value is -0.680. The summed E-state index contributed by atoms with van der Waals surface area (Å²) in [5.41, 5.74) is 0. The summed E-state index contributed by atoms with van der Waals surface area (Å²) in [4.78, 5) is 4.42. The molecule has 1 aromatic heterocycles. The maximum atomic E-state index is 5.02. The lowest BCUT2D eigenvalue weighted by atomic mass is 9.78. The summed E-state index contributed by atoms with van der Waals surface area (Å²) in [6, 6.07) is 0.544. The molecule has 0 aromatic carbocycles. The van der Waals surface area contributed by atoms with E-state index in [-0.39, 0.29) is 0 Å². The van der Waals surface area contributed by atoms with Gasteiger partial charge in [0.15, 0.2) is 5.82 Å². The van der Waals surface area contributed by atoms with Crippen LogP contribution in [-0.2, 0) is 11.3 Å². The van der Waals surface area contributed by atoms with Crippen molar-refractivity contribution in [2.75, 3.05) is 12.4 Å². The molecular formula is C12H21N3OS. The minimum atomic E-state index is 0.495. The van der Waals surface area contributed by atoms with Gasteiger partial charge in [0.2, 0.25) is 5.13 Å². The molecule has 1 aromatic rings. The monoisotopic (exact) mass is 255 g/mol. The van der Waals surface area contributed by atoms with E-state index in [1.54, 1.807) is 7.11 Å². The number of hydrogen-bond acceptors (Lipinski definition) is 5. The fraction of sp³-hybridized carbons (Fsp3) is 0.833. The predicted octanol–water partition coefficient (Wildman–Crippen LogP) is 2.92. The molecule has 1 N–H and O–H groups in total. The smallest absolute Gasteiger partial charge is 0.202 e. The number of anilines is 1. The van der Waals surface area contributed by atoms with E-state index >= 15 is 0 Å². The Balaban J connectivity index is 1.94. The van der Waals surface area contributed by atoms with E-state index in [1.807, 2.05) is 0 Å². The van der Waals surface area contributed by atoms with Crippen LogP contribution in [0.5, 0.6) is 0 Å². The van der Waals surface area contributed by atoms with Gasteiger partial charge in [-0.3, -0.25) is 0 Å². The molecule has 3 atom stereocenters. The molecule has 5 heteroatoms. The highest BCUT2D eigenvalue weighted by Crippen LogP contribution is 2.31. The molecule has 1 saturated carbocycles. The van der Waals surface area contributed by atoms with Crippen LogP contribution in [0.15, 0.2) is 0 Å². The van der Waals surface area contributed by atoms with Crippen molar-refractivity contribution in [3.05, 3.63) is 5.82 Å². The Labute approximate surface area is 107 Å². The maximum absolute atomic E-state index is 5.02. The minimum absolute atomic E-state index is 0.495. The highest BCUT2D eigenvalue weighted by molar-refractivity contribution is 7.09. The zero-order chi connectivity index (χ0) is 12.3. The average Bonchev–Trinajstić information content (AvgIpc) is 2.73. The lowest BCUT2D eigenvalue weighted by Gasteiger charge is -2.34. The summed E-state index contributed by atoms with van der Waals surface area (Å²) in [6.45, 7) is 5.17. The van der Waals surface area contributed by atoms with E-state index in [0.29, 0.717) is 18.6 Å². The quantitative estimate of drug-likeness (QED) is 0.898. The largest absolute Gasteiger partial charge is 0.377 e. The zero-order valence-electron chi connectivity index (χ0n) is 10.8. The Morgan fingerprint density at radius 1 is 1.41 bits per heavy atom. The number of aromatic nitrogens is 2. The summed E-state index contributed by atoms with van der Waals surface area (Å²) in [5.74, 6) is 2.28. The lowest BCUT2D eigenvalue weighted by Crippen LogP contribution is -2.34. The third-order valence-electron chi connectivity index (χ3n) is 3.76. The second-order valence-electron chi connectivity index (χ2n) is 4.97. The number of nitrogens with one attached hydrogen (secondary N) is 1. The molecule has 96 valence electrons. The standard InChI is InChI=1S/C12H21N3OS/c1-8-5-4-6-10(9(8)2)13-12-14-11(7-16-3)15-17-12/h8-10H,4-7H2,1-3H3,(H,13,14,15). The highest BCUT2D eigenvalue weighted by atomic mass is 32.1. The van der Waals surface area contributed by atoms with Crippen molar-refractivity contribution in [2.24, 2.45) is 11.8 Å². The first-order valence-electron chi connectivity index (χ1n) is 6.28. The first kappa shape index (κ1) is 12.8. The van der Waals surface area contributed by atoms with E-state index in [9.17, 15) is 0 Å². The second-order valence-corrected chi connectivity index (χ2v) is 5.72. The van der Waals surface area contributed by atoms with Gasteiger partial charge in [0.1, 0.15) is 6.61 Å². The summed E-state index contributed by atoms with van der Waals surface area (Å²) in [6.07, 6.45) is 3.90. The van der Waals surface area contributed by atoms with Gasteiger partial charge in [-0.2, -0.15) is 4.37 Å². The minimum Gasteiger partial charge on any atom is -0.377 e. The van der Waals surface area contributed by atoms with E-state index in [2.05, 4.69) is 28.5 Å². The van der Waals surface area contributed by atoms with E-state index in [0.717, 1.165) is 16.9 Å². The molecule has 1 fully saturated rings. The highest BCUT2D eigenvalue weighted by Gasteiger charge is 2.27. The van der Waals surface area contributed by atoms with Gasteiger partial charge in [0.25, 0.3) is 0 Å². The summed E-state index contributed by atoms with van der Waals surface area (Å²) in [7, 11) is 1.67. The van der Waals surface area contributed by atoms with Crippen LogP contribution in [-0.4, -0.2) is 22.5 Å². The van der Waals surface area contributed by atoms with Gasteiger partial charge >= 0.3 is 0 Å². The van der Waals surface area contributed by atoms with Crippen LogP contribution >= 0.6 is 11.5 Å². The topological polar surface area (TPSA) is 47.0 Å². The van der Waals surface area contributed by atoms with Gasteiger partial charge < -0.3 is 10.1 Å². The summed E-state index contributed by atoms with van der Waals surface area (Å²) in [5, 5.41) is 4.46. The third-order valence-corrected chi connectivity index (χ3v) is 4.44. The molecule has 0 saturated heterocycles. The molecule has 4 nitrogen and oxygen atoms in total. The van der Waals surface area contributed by atoms with E-state index < -0.39 is 0 Å². The molecule has 0 amide bonds. The lowest BCUT2D eigenvalue weighted by molar-refractivity contribution is 0.179. The second kappa shape index (κ2) is 5.78. The molecule has 1 heterocycles. The van der Waals surface area contributed by atoms with Crippen molar-refractivity contribution in [1.29, 1.82) is 0 Å². The Morgan fingerprint density at radius 2 is 2.24 bits per heavy atom. The molecule has 0 aliphatic heterocycles. The molecule has 3 unspecified atom stereocenters. The predicted molar refractivity (Wildman–Crippen MR) is 70.2 cm³/mol. The van der Waals surface area contributed by atoms with Crippen LogP contribution in [0.3, 0.4) is 0 Å². The van der Waals surface area contributed by atoms with Crippen LogP contribution in [0.25, 0.3) is 0 Å². The molecule has 2 rings (SSSR count). The van der Waals surface area contributed by atoms with Gasteiger partial charge in [-0.05, 0) is 18.3 Å². The normalized spacial score (nSPS) is 29.2. The number of rotatable bonds is 4. The van der Waals surface area contributed by atoms with Crippen LogP contribution in [0.4, 0.5) is 5.13 Å². The van der Waals surface area contributed by atoms with Crippen molar-refractivity contribution in [2.45, 2.75) is 45.8 Å². The van der Waals surface area contributed by atoms with E-state index in [1.165, 1.54) is 30.8 Å². The van der Waals surface area contributed by atoms with Crippen molar-refractivity contribution >= 4 is 16.7 Å². The van der Waals surface area contributed by atoms with Crippen LogP contribution < -0.4 is 5.32 Å². The van der Waals surface area contributed by atoms with Crippen molar-refractivity contribution in [1.82, 2.24) is 9.36 Å². The molecule has 0 radical (unpaired) electrons. The van der Waals surface area contributed by atoms with Crippen molar-refractivity contribution in [3.63, 3.8) is 0 Å². The third kappa shape index (κ3) is 3.16. The number of hydrogen-bond donors (Lipinski definition) is 1. The molecule has 0 spiro atoms. The summed E-state index contributed by atoms with van der Waals surface area (Å²) < 4.78 is 9.28. The maximum Gasteiger partial charge on any atom is 0.202 e. The van der Waals surface area contributed by atoms with Crippen LogP contribution in [0, 0.1) is 11.8 Å². The SMILES string of the molecule is COCc1nsc(NC2CCCC(C)C2C)n1. The van der Waals surface area contributed by atoms with Gasteiger partial charge in [0, 0.05) is 24.7 Å². The first-order valence-corrected chi connectivity index (χ1v) is 7.06. The van der Waals surface area contributed by atoms with Crippen LogP contribution in [0.1, 0.15) is 38.9 Å². The number of methoxy groups -OCH3 is 1. The summed E-state index contributed by atoms with van der Waals surface area (Å²) >= 11 is 1.43. The Kier molecular flexibility index (Phi) is 4.34. The Bertz CT molecular complexity index is 355. The van der Waals surface area contributed by atoms with Gasteiger partial charge in [-0.1, -0.05) is 26.7 Å². The fourth-order valence-corrected chi connectivity index (χ4v) is 3.08. The van der Waals surface area contributed by atoms with Crippen LogP contribution in [0.2, 0.25) is 0 Å². The van der Waals surface area contributed by atoms with Gasteiger partial charge in [0.05, 0.1) is 0 Å². The molecule has 1 aliphatic carbocycles. The fourth-order valence-electron chi connectivity index (χ4n) is 2.44. The molecule has 1 aliphatic rings. The van der Waals surface area contributed by atoms with Crippen molar-refractivity contribution in [3.8, 4) is 0 Å². The number of ether oxygens (including phenoxy) is 1. The van der Waals surface area contributed by atoms with E-state index in [4.69, 9.17) is 4.74 Å². The van der Waals surface area contributed by atoms with Gasteiger partial charge in [-0.25, -0.2) is 4.98 Å². The molecule has 0 bridgehead atoms. The van der Waals surface area contributed by atoms with Crippen molar-refractivity contribution < 1.29 is 4.74 Å². The van der Waals surface area contributed by atoms with Gasteiger partial charge in [-0.15, -0.1) is 0 Å². The zero-order valence-corrected chi connectivity index (χ0v) is 11.6. The molecule has 17 heavy (non-hydrogen) atoms. The first-order chi connectivity index (χ1) is 8.20. The molecular weight excluding hydrogens is 234 g/mol. The number of nitrogens with zero attached hydrogens (tertiary/aromatic N) is 2.